The Morgan fingerprint density at radius 1 is 1.11 bits per heavy atom. The first-order valence-corrected chi connectivity index (χ1v) is 12.0. The third-order valence-electron chi connectivity index (χ3n) is 6.70. The highest BCUT2D eigenvalue weighted by Gasteiger charge is 2.41. The van der Waals surface area contributed by atoms with Gasteiger partial charge in [-0.1, -0.05) is 38.1 Å². The number of amides is 2. The average Bonchev–Trinajstić information content (AvgIpc) is 3.22. The molecule has 1 aliphatic rings. The van der Waals surface area contributed by atoms with Crippen molar-refractivity contribution < 1.29 is 23.5 Å². The van der Waals surface area contributed by atoms with Crippen molar-refractivity contribution in [1.29, 1.82) is 0 Å². The first-order chi connectivity index (χ1) is 16.5. The molecule has 1 unspecified atom stereocenters. The van der Waals surface area contributed by atoms with Crippen LogP contribution in [0.25, 0.3) is 0 Å². The third-order valence-corrected chi connectivity index (χ3v) is 6.70. The number of aliphatic hydroxyl groups excluding tert-OH is 1. The maximum Gasteiger partial charge on any atom is 0.219 e. The topological polar surface area (TPSA) is 81.7 Å². The van der Waals surface area contributed by atoms with Crippen molar-refractivity contribution in [3.63, 3.8) is 0 Å². The summed E-state index contributed by atoms with van der Waals surface area (Å²) in [5, 5.41) is 17.2. The van der Waals surface area contributed by atoms with Crippen molar-refractivity contribution in [2.45, 2.75) is 64.1 Å². The summed E-state index contributed by atoms with van der Waals surface area (Å²) in [4.78, 5) is 25.7. The van der Waals surface area contributed by atoms with E-state index < -0.39 is 29.3 Å². The van der Waals surface area contributed by atoms with Crippen LogP contribution in [-0.4, -0.2) is 53.6 Å². The van der Waals surface area contributed by atoms with Crippen molar-refractivity contribution in [2.75, 3.05) is 19.6 Å². The molecule has 0 radical (unpaired) electrons. The van der Waals surface area contributed by atoms with E-state index in [0.717, 1.165) is 11.6 Å². The van der Waals surface area contributed by atoms with Crippen LogP contribution < -0.4 is 10.6 Å². The predicted octanol–water partition coefficient (Wildman–Crippen LogP) is 3.23. The summed E-state index contributed by atoms with van der Waals surface area (Å²) in [5.41, 5.74) is 1.98. The molecule has 2 aromatic rings. The lowest BCUT2D eigenvalue weighted by Gasteiger charge is -2.34. The summed E-state index contributed by atoms with van der Waals surface area (Å²) in [7, 11) is 0. The van der Waals surface area contributed by atoms with Gasteiger partial charge in [0.25, 0.3) is 0 Å². The number of rotatable bonds is 9. The molecule has 190 valence electrons. The maximum absolute atomic E-state index is 13.7. The summed E-state index contributed by atoms with van der Waals surface area (Å²) in [5.74, 6) is -1.46. The molecular weight excluding hydrogens is 452 g/mol. The highest BCUT2D eigenvalue weighted by atomic mass is 19.1. The molecule has 2 amide bonds. The lowest BCUT2D eigenvalue weighted by atomic mass is 9.86. The van der Waals surface area contributed by atoms with Gasteiger partial charge in [0.2, 0.25) is 11.8 Å². The number of hydrogen-bond acceptors (Lipinski definition) is 4. The highest BCUT2D eigenvalue weighted by molar-refractivity contribution is 5.74. The van der Waals surface area contributed by atoms with Gasteiger partial charge >= 0.3 is 0 Å². The monoisotopic (exact) mass is 487 g/mol. The second-order valence-corrected chi connectivity index (χ2v) is 9.79. The molecule has 3 N–H and O–H groups in total. The Bertz CT molecular complexity index is 1040. The van der Waals surface area contributed by atoms with Crippen molar-refractivity contribution >= 4 is 11.8 Å². The van der Waals surface area contributed by atoms with E-state index in [1.165, 1.54) is 24.6 Å². The van der Waals surface area contributed by atoms with Gasteiger partial charge < -0.3 is 20.6 Å². The molecule has 8 heteroatoms. The van der Waals surface area contributed by atoms with Gasteiger partial charge in [-0.25, -0.2) is 8.78 Å². The van der Waals surface area contributed by atoms with Gasteiger partial charge in [0, 0.05) is 39.5 Å². The molecule has 0 bridgehead atoms. The minimum atomic E-state index is -1.04. The lowest BCUT2D eigenvalue weighted by molar-refractivity contribution is -0.128. The van der Waals surface area contributed by atoms with Crippen LogP contribution >= 0.6 is 0 Å². The van der Waals surface area contributed by atoms with E-state index in [-0.39, 0.29) is 24.8 Å². The number of carbonyl (C=O) groups is 2. The number of benzene rings is 2. The van der Waals surface area contributed by atoms with E-state index in [9.17, 15) is 23.5 Å². The van der Waals surface area contributed by atoms with E-state index in [2.05, 4.69) is 36.6 Å². The van der Waals surface area contributed by atoms with Crippen LogP contribution in [0.15, 0.2) is 42.5 Å². The van der Waals surface area contributed by atoms with Crippen LogP contribution in [0.1, 0.15) is 56.7 Å². The van der Waals surface area contributed by atoms with E-state index in [4.69, 9.17) is 0 Å². The van der Waals surface area contributed by atoms with Gasteiger partial charge in [0.05, 0.1) is 17.7 Å². The molecule has 3 atom stereocenters. The van der Waals surface area contributed by atoms with Crippen molar-refractivity contribution in [2.24, 2.45) is 0 Å². The predicted molar refractivity (Wildman–Crippen MR) is 131 cm³/mol. The zero-order valence-corrected chi connectivity index (χ0v) is 20.8. The Morgan fingerprint density at radius 3 is 2.37 bits per heavy atom. The highest BCUT2D eigenvalue weighted by Crippen LogP contribution is 2.34. The Hall–Kier alpha value is -2.84. The standard InChI is InChI=1S/C27H35F2N3O3/c1-17(2)21-6-5-7-22(13-21)27(8-9-32(16-27)19(4)34)30-15-26(35)25(31-18(3)33)12-20-10-23(28)14-24(29)11-20/h5-7,10-11,13-14,17,25-26,30,35H,8-9,12,15-16H2,1-4H3,(H,31,33)/t25-,26+,27?/m0/s1. The normalized spacial score (nSPS) is 19.6. The molecule has 1 fully saturated rings. The van der Waals surface area contributed by atoms with Crippen LogP contribution in [0.3, 0.4) is 0 Å². The number of nitrogens with one attached hydrogen (secondary N) is 2. The van der Waals surface area contributed by atoms with Crippen LogP contribution in [0, 0.1) is 11.6 Å². The van der Waals surface area contributed by atoms with Crippen LogP contribution in [0.2, 0.25) is 0 Å². The first kappa shape index (κ1) is 26.8. The minimum absolute atomic E-state index is 0.0153. The number of halogens is 2. The fraction of sp³-hybridized carbons (Fsp3) is 0.481. The zero-order valence-electron chi connectivity index (χ0n) is 20.8. The average molecular weight is 488 g/mol. The summed E-state index contributed by atoms with van der Waals surface area (Å²) in [6.07, 6.45) is -0.311. The van der Waals surface area contributed by atoms with E-state index in [0.29, 0.717) is 31.0 Å². The fourth-order valence-electron chi connectivity index (χ4n) is 4.73. The summed E-state index contributed by atoms with van der Waals surface area (Å²) >= 11 is 0. The van der Waals surface area contributed by atoms with Crippen LogP contribution in [0.4, 0.5) is 8.78 Å². The van der Waals surface area contributed by atoms with Gasteiger partial charge in [-0.15, -0.1) is 0 Å². The second-order valence-electron chi connectivity index (χ2n) is 9.79. The largest absolute Gasteiger partial charge is 0.390 e. The fourth-order valence-corrected chi connectivity index (χ4v) is 4.73. The molecule has 1 saturated heterocycles. The Balaban J connectivity index is 1.83. The van der Waals surface area contributed by atoms with Crippen LogP contribution in [0.5, 0.6) is 0 Å². The van der Waals surface area contributed by atoms with E-state index >= 15 is 0 Å². The molecule has 0 spiro atoms. The lowest BCUT2D eigenvalue weighted by Crippen LogP contribution is -2.53. The van der Waals surface area contributed by atoms with Gasteiger partial charge in [0.1, 0.15) is 11.6 Å². The molecule has 0 aliphatic carbocycles. The number of carbonyl (C=O) groups excluding carboxylic acids is 2. The summed E-state index contributed by atoms with van der Waals surface area (Å²) in [6, 6.07) is 10.6. The number of likely N-dealkylation sites (tertiary alicyclic amines) is 1. The Kier molecular flexibility index (Phi) is 8.61. The van der Waals surface area contributed by atoms with Crippen LogP contribution in [-0.2, 0) is 21.5 Å². The summed E-state index contributed by atoms with van der Waals surface area (Å²) in [6.45, 7) is 8.26. The Labute approximate surface area is 205 Å². The Morgan fingerprint density at radius 2 is 1.80 bits per heavy atom. The first-order valence-electron chi connectivity index (χ1n) is 12.0. The maximum atomic E-state index is 13.7. The molecule has 2 aromatic carbocycles. The molecular formula is C27H35F2N3O3. The smallest absolute Gasteiger partial charge is 0.219 e. The third kappa shape index (κ3) is 6.86. The quantitative estimate of drug-likeness (QED) is 0.507. The van der Waals surface area contributed by atoms with E-state index in [1.807, 2.05) is 12.1 Å². The van der Waals surface area contributed by atoms with Crippen molar-refractivity contribution in [1.82, 2.24) is 15.5 Å². The van der Waals surface area contributed by atoms with Crippen molar-refractivity contribution in [3.05, 3.63) is 70.8 Å². The van der Waals surface area contributed by atoms with Gasteiger partial charge in [-0.05, 0) is 47.6 Å². The molecule has 1 aliphatic heterocycles. The number of hydrogen-bond donors (Lipinski definition) is 3. The molecule has 35 heavy (non-hydrogen) atoms. The molecule has 6 nitrogen and oxygen atoms in total. The van der Waals surface area contributed by atoms with Gasteiger partial charge in [-0.2, -0.15) is 0 Å². The zero-order chi connectivity index (χ0) is 25.8. The van der Waals surface area contributed by atoms with E-state index in [1.54, 1.807) is 11.8 Å². The SMILES string of the molecule is CC(=O)N[C@@H](Cc1cc(F)cc(F)c1)[C@H](O)CNC1(c2cccc(C(C)C)c2)CCN(C(C)=O)C1. The number of nitrogens with zero attached hydrogens (tertiary/aromatic N) is 1. The van der Waals surface area contributed by atoms with Crippen molar-refractivity contribution in [3.8, 4) is 0 Å². The second kappa shape index (κ2) is 11.3. The van der Waals surface area contributed by atoms with Gasteiger partial charge in [0.15, 0.2) is 0 Å². The minimum Gasteiger partial charge on any atom is -0.390 e. The molecule has 1 heterocycles. The summed E-state index contributed by atoms with van der Waals surface area (Å²) < 4.78 is 27.4. The molecule has 0 aromatic heterocycles. The molecule has 3 rings (SSSR count). The number of aliphatic hydroxyl groups is 1. The molecule has 0 saturated carbocycles. The van der Waals surface area contributed by atoms with Gasteiger partial charge in [-0.3, -0.25) is 9.59 Å².